The Kier molecular flexibility index (Phi) is 9.09. The van der Waals surface area contributed by atoms with Crippen molar-refractivity contribution in [1.82, 2.24) is 10.2 Å². The number of methoxy groups -OCH3 is 2. The first-order valence-electron chi connectivity index (χ1n) is 11.1. The molecule has 1 atom stereocenters. The largest absolute Gasteiger partial charge is 0.497 e. The van der Waals surface area contributed by atoms with Gasteiger partial charge in [-0.2, -0.15) is 0 Å². The molecule has 0 aliphatic rings. The number of nitrogens with one attached hydrogen (secondary N) is 2. The SMILES string of the molecule is COc1ccc([C@@H](CNC(=O)c2ccc(OCC(=O)Nc3cccc(OC)c3)cc2)N(C)C)cc1. The molecule has 0 aliphatic carbocycles. The number of rotatable bonds is 11. The van der Waals surface area contributed by atoms with Crippen LogP contribution in [0.1, 0.15) is 22.0 Å². The van der Waals surface area contributed by atoms with Gasteiger partial charge in [0, 0.05) is 23.9 Å². The van der Waals surface area contributed by atoms with Crippen molar-refractivity contribution in [3.8, 4) is 17.2 Å². The number of anilines is 1. The molecule has 3 aromatic rings. The first-order chi connectivity index (χ1) is 16.9. The number of carbonyl (C=O) groups is 2. The summed E-state index contributed by atoms with van der Waals surface area (Å²) in [5, 5.41) is 5.74. The smallest absolute Gasteiger partial charge is 0.262 e. The van der Waals surface area contributed by atoms with Crippen LogP contribution in [-0.4, -0.2) is 58.2 Å². The summed E-state index contributed by atoms with van der Waals surface area (Å²) >= 11 is 0. The van der Waals surface area contributed by atoms with Crippen LogP contribution in [0.3, 0.4) is 0 Å². The second kappa shape index (κ2) is 12.4. The Bertz CT molecular complexity index is 1110. The van der Waals surface area contributed by atoms with Gasteiger partial charge in [-0.25, -0.2) is 0 Å². The van der Waals surface area contributed by atoms with Crippen LogP contribution < -0.4 is 24.8 Å². The molecule has 3 rings (SSSR count). The highest BCUT2D eigenvalue weighted by Crippen LogP contribution is 2.21. The van der Waals surface area contributed by atoms with E-state index in [1.807, 2.05) is 38.4 Å². The van der Waals surface area contributed by atoms with Gasteiger partial charge in [-0.1, -0.05) is 18.2 Å². The molecule has 0 bridgehead atoms. The molecule has 35 heavy (non-hydrogen) atoms. The fraction of sp³-hybridized carbons (Fsp3) is 0.259. The van der Waals surface area contributed by atoms with Gasteiger partial charge in [-0.15, -0.1) is 0 Å². The molecule has 0 saturated carbocycles. The Hall–Kier alpha value is -4.04. The van der Waals surface area contributed by atoms with E-state index < -0.39 is 0 Å². The number of carbonyl (C=O) groups excluding carboxylic acids is 2. The van der Waals surface area contributed by atoms with Gasteiger partial charge in [-0.3, -0.25) is 9.59 Å². The Morgan fingerprint density at radius 3 is 2.14 bits per heavy atom. The summed E-state index contributed by atoms with van der Waals surface area (Å²) in [5.41, 5.74) is 2.20. The van der Waals surface area contributed by atoms with Gasteiger partial charge < -0.3 is 29.7 Å². The third-order valence-electron chi connectivity index (χ3n) is 5.42. The number of ether oxygens (including phenoxy) is 3. The highest BCUT2D eigenvalue weighted by Gasteiger charge is 2.16. The molecule has 0 fully saturated rings. The zero-order chi connectivity index (χ0) is 25.2. The van der Waals surface area contributed by atoms with E-state index >= 15 is 0 Å². The summed E-state index contributed by atoms with van der Waals surface area (Å²) in [4.78, 5) is 26.9. The first kappa shape index (κ1) is 25.6. The van der Waals surface area contributed by atoms with Gasteiger partial charge in [0.25, 0.3) is 11.8 Å². The predicted molar refractivity (Wildman–Crippen MR) is 135 cm³/mol. The molecule has 0 aliphatic heterocycles. The van der Waals surface area contributed by atoms with Crippen LogP contribution in [0.25, 0.3) is 0 Å². The quantitative estimate of drug-likeness (QED) is 0.437. The molecule has 0 unspecified atom stereocenters. The minimum Gasteiger partial charge on any atom is -0.497 e. The van der Waals surface area contributed by atoms with Crippen LogP contribution in [0.15, 0.2) is 72.8 Å². The monoisotopic (exact) mass is 477 g/mol. The van der Waals surface area contributed by atoms with E-state index in [9.17, 15) is 9.59 Å². The van der Waals surface area contributed by atoms with E-state index in [0.29, 0.717) is 29.3 Å². The van der Waals surface area contributed by atoms with Crippen molar-refractivity contribution in [2.45, 2.75) is 6.04 Å². The second-order valence-electron chi connectivity index (χ2n) is 8.06. The van der Waals surface area contributed by atoms with Gasteiger partial charge >= 0.3 is 0 Å². The van der Waals surface area contributed by atoms with E-state index in [2.05, 4.69) is 15.5 Å². The van der Waals surface area contributed by atoms with Crippen molar-refractivity contribution in [2.24, 2.45) is 0 Å². The molecule has 8 nitrogen and oxygen atoms in total. The van der Waals surface area contributed by atoms with Crippen LogP contribution >= 0.6 is 0 Å². The number of hydrogen-bond acceptors (Lipinski definition) is 6. The maximum atomic E-state index is 12.7. The van der Waals surface area contributed by atoms with Crippen LogP contribution in [0, 0.1) is 0 Å². The van der Waals surface area contributed by atoms with Crippen LogP contribution in [-0.2, 0) is 4.79 Å². The first-order valence-corrected chi connectivity index (χ1v) is 11.1. The average molecular weight is 478 g/mol. The standard InChI is InChI=1S/C27H31N3O5/c1-30(2)25(19-8-12-22(33-3)13-9-19)17-28-27(32)20-10-14-23(15-11-20)35-18-26(31)29-21-6-5-7-24(16-21)34-4/h5-16,25H,17-18H2,1-4H3,(H,28,32)(H,29,31)/t25-/m1/s1. The van der Waals surface area contributed by atoms with E-state index in [0.717, 1.165) is 11.3 Å². The van der Waals surface area contributed by atoms with Gasteiger partial charge in [0.2, 0.25) is 0 Å². The molecule has 8 heteroatoms. The van der Waals surface area contributed by atoms with Gasteiger partial charge in [-0.05, 0) is 68.2 Å². The molecule has 0 aromatic heterocycles. The highest BCUT2D eigenvalue weighted by atomic mass is 16.5. The molecule has 2 amide bonds. The number of nitrogens with zero attached hydrogens (tertiary/aromatic N) is 1. The van der Waals surface area contributed by atoms with Crippen molar-refractivity contribution >= 4 is 17.5 Å². The van der Waals surface area contributed by atoms with Gasteiger partial charge in [0.15, 0.2) is 6.61 Å². The minimum absolute atomic E-state index is 0.00978. The normalized spacial score (nSPS) is 11.5. The summed E-state index contributed by atoms with van der Waals surface area (Å²) in [7, 11) is 7.14. The number of amides is 2. The van der Waals surface area contributed by atoms with Crippen LogP contribution in [0.4, 0.5) is 5.69 Å². The third kappa shape index (κ3) is 7.48. The lowest BCUT2D eigenvalue weighted by Gasteiger charge is -2.25. The Morgan fingerprint density at radius 1 is 0.857 bits per heavy atom. The molecule has 0 heterocycles. The molecule has 3 aromatic carbocycles. The minimum atomic E-state index is -0.298. The van der Waals surface area contributed by atoms with Crippen molar-refractivity contribution in [3.63, 3.8) is 0 Å². The molecule has 0 spiro atoms. The molecular weight excluding hydrogens is 446 g/mol. The highest BCUT2D eigenvalue weighted by molar-refractivity contribution is 5.94. The number of benzene rings is 3. The maximum absolute atomic E-state index is 12.7. The third-order valence-corrected chi connectivity index (χ3v) is 5.42. The lowest BCUT2D eigenvalue weighted by Crippen LogP contribution is -2.34. The maximum Gasteiger partial charge on any atom is 0.262 e. The predicted octanol–water partition coefficient (Wildman–Crippen LogP) is 3.75. The van der Waals surface area contributed by atoms with Crippen LogP contribution in [0.2, 0.25) is 0 Å². The van der Waals surface area contributed by atoms with E-state index in [4.69, 9.17) is 14.2 Å². The van der Waals surface area contributed by atoms with Crippen molar-refractivity contribution in [1.29, 1.82) is 0 Å². The van der Waals surface area contributed by atoms with Crippen molar-refractivity contribution < 1.29 is 23.8 Å². The fourth-order valence-electron chi connectivity index (χ4n) is 3.47. The lowest BCUT2D eigenvalue weighted by atomic mass is 10.1. The zero-order valence-corrected chi connectivity index (χ0v) is 20.4. The van der Waals surface area contributed by atoms with Crippen molar-refractivity contribution in [3.05, 3.63) is 83.9 Å². The topological polar surface area (TPSA) is 89.1 Å². The summed E-state index contributed by atoms with van der Waals surface area (Å²) in [5.74, 6) is 1.45. The molecule has 184 valence electrons. The fourth-order valence-corrected chi connectivity index (χ4v) is 3.47. The summed E-state index contributed by atoms with van der Waals surface area (Å²) in [6.07, 6.45) is 0. The molecule has 0 radical (unpaired) electrons. The van der Waals surface area contributed by atoms with E-state index in [1.165, 1.54) is 0 Å². The summed E-state index contributed by atoms with van der Waals surface area (Å²) in [6, 6.07) is 21.6. The zero-order valence-electron chi connectivity index (χ0n) is 20.4. The Balaban J connectivity index is 1.50. The summed E-state index contributed by atoms with van der Waals surface area (Å²) < 4.78 is 15.9. The Labute approximate surface area is 205 Å². The number of likely N-dealkylation sites (N-methyl/N-ethyl adjacent to an activating group) is 1. The summed E-state index contributed by atoms with van der Waals surface area (Å²) in [6.45, 7) is 0.288. The number of hydrogen-bond donors (Lipinski definition) is 2. The molecule has 2 N–H and O–H groups in total. The van der Waals surface area contributed by atoms with Crippen LogP contribution in [0.5, 0.6) is 17.2 Å². The average Bonchev–Trinajstić information content (AvgIpc) is 2.88. The lowest BCUT2D eigenvalue weighted by molar-refractivity contribution is -0.118. The van der Waals surface area contributed by atoms with Gasteiger partial charge in [0.05, 0.1) is 20.3 Å². The van der Waals surface area contributed by atoms with Crippen molar-refractivity contribution in [2.75, 3.05) is 46.8 Å². The molecular formula is C27H31N3O5. The molecule has 0 saturated heterocycles. The Morgan fingerprint density at radius 2 is 1.51 bits per heavy atom. The van der Waals surface area contributed by atoms with E-state index in [1.54, 1.807) is 62.8 Å². The van der Waals surface area contributed by atoms with E-state index in [-0.39, 0.29) is 24.5 Å². The second-order valence-corrected chi connectivity index (χ2v) is 8.06. The van der Waals surface area contributed by atoms with Gasteiger partial charge in [0.1, 0.15) is 17.2 Å².